The van der Waals surface area contributed by atoms with Gasteiger partial charge in [0.15, 0.2) is 0 Å². The predicted molar refractivity (Wildman–Crippen MR) is 68.9 cm³/mol. The Labute approximate surface area is 103 Å². The molecule has 0 saturated carbocycles. The minimum absolute atomic E-state index is 0.273. The van der Waals surface area contributed by atoms with Gasteiger partial charge < -0.3 is 10.0 Å². The first kappa shape index (κ1) is 12.5. The molecule has 0 spiro atoms. The summed E-state index contributed by atoms with van der Waals surface area (Å²) < 4.78 is 0. The van der Waals surface area contributed by atoms with Crippen molar-refractivity contribution < 1.29 is 5.11 Å². The second-order valence-corrected chi connectivity index (χ2v) is 5.06. The molecule has 3 nitrogen and oxygen atoms in total. The Hall–Kier alpha value is -0.930. The van der Waals surface area contributed by atoms with Crippen molar-refractivity contribution in [1.82, 2.24) is 9.88 Å². The molecule has 0 aliphatic carbocycles. The lowest BCUT2D eigenvalue weighted by atomic mass is 9.93. The van der Waals surface area contributed by atoms with Gasteiger partial charge >= 0.3 is 0 Å². The van der Waals surface area contributed by atoms with Gasteiger partial charge in [-0.05, 0) is 50.3 Å². The summed E-state index contributed by atoms with van der Waals surface area (Å²) in [5.74, 6) is 0.700. The fourth-order valence-electron chi connectivity index (χ4n) is 2.58. The lowest BCUT2D eigenvalue weighted by Crippen LogP contribution is -2.37. The van der Waals surface area contributed by atoms with E-state index in [2.05, 4.69) is 28.9 Å². The van der Waals surface area contributed by atoms with Gasteiger partial charge in [0.2, 0.25) is 0 Å². The molecule has 2 heterocycles. The van der Waals surface area contributed by atoms with Crippen LogP contribution in [-0.2, 0) is 6.42 Å². The highest BCUT2D eigenvalue weighted by molar-refractivity contribution is 5.12. The fraction of sp³-hybridized carbons (Fsp3) is 0.643. The fourth-order valence-corrected chi connectivity index (χ4v) is 2.58. The molecule has 3 heteroatoms. The van der Waals surface area contributed by atoms with E-state index in [0.717, 1.165) is 26.1 Å². The molecule has 0 aromatic carbocycles. The summed E-state index contributed by atoms with van der Waals surface area (Å²) >= 11 is 0. The van der Waals surface area contributed by atoms with Crippen LogP contribution in [0.3, 0.4) is 0 Å². The molecule has 1 aliphatic rings. The van der Waals surface area contributed by atoms with Gasteiger partial charge in [-0.2, -0.15) is 0 Å². The Morgan fingerprint density at radius 2 is 2.35 bits per heavy atom. The minimum atomic E-state index is 0.273. The molecule has 0 bridgehead atoms. The Kier molecular flexibility index (Phi) is 4.51. The summed E-state index contributed by atoms with van der Waals surface area (Å²) in [5, 5.41) is 8.97. The zero-order valence-corrected chi connectivity index (χ0v) is 10.6. The van der Waals surface area contributed by atoms with Gasteiger partial charge in [-0.25, -0.2) is 0 Å². The first-order valence-electron chi connectivity index (χ1n) is 6.52. The van der Waals surface area contributed by atoms with Gasteiger partial charge in [0.1, 0.15) is 0 Å². The van der Waals surface area contributed by atoms with Gasteiger partial charge in [0.05, 0.1) is 6.61 Å². The highest BCUT2D eigenvalue weighted by Gasteiger charge is 2.19. The van der Waals surface area contributed by atoms with E-state index in [1.807, 2.05) is 6.20 Å². The molecule has 1 aromatic rings. The lowest BCUT2D eigenvalue weighted by molar-refractivity contribution is 0.139. The van der Waals surface area contributed by atoms with Crippen LogP contribution >= 0.6 is 0 Å². The molecular weight excluding hydrogens is 212 g/mol. The molecule has 2 rings (SSSR count). The summed E-state index contributed by atoms with van der Waals surface area (Å²) in [6.07, 6.45) is 5.56. The van der Waals surface area contributed by atoms with Crippen LogP contribution in [0.4, 0.5) is 0 Å². The van der Waals surface area contributed by atoms with Crippen LogP contribution in [0.25, 0.3) is 0 Å². The third-order valence-corrected chi connectivity index (χ3v) is 3.49. The van der Waals surface area contributed by atoms with Crippen molar-refractivity contribution >= 4 is 0 Å². The first-order valence-corrected chi connectivity index (χ1v) is 6.52. The number of aryl methyl sites for hydroxylation is 1. The van der Waals surface area contributed by atoms with Gasteiger partial charge in [0, 0.05) is 25.0 Å². The number of nitrogens with zero attached hydrogens (tertiary/aromatic N) is 2. The average molecular weight is 234 g/mol. The van der Waals surface area contributed by atoms with Crippen molar-refractivity contribution in [3.8, 4) is 0 Å². The molecule has 0 unspecified atom stereocenters. The number of aromatic nitrogens is 1. The molecule has 94 valence electrons. The molecule has 17 heavy (non-hydrogen) atoms. The maximum absolute atomic E-state index is 8.97. The van der Waals surface area contributed by atoms with Crippen LogP contribution in [0.5, 0.6) is 0 Å². The van der Waals surface area contributed by atoms with Crippen molar-refractivity contribution in [2.24, 2.45) is 5.92 Å². The maximum atomic E-state index is 8.97. The highest BCUT2D eigenvalue weighted by Crippen LogP contribution is 2.19. The number of aliphatic hydroxyl groups is 1. The quantitative estimate of drug-likeness (QED) is 0.860. The molecule has 1 saturated heterocycles. The molecule has 1 aliphatic heterocycles. The largest absolute Gasteiger partial charge is 0.395 e. The second kappa shape index (κ2) is 6.12. The number of pyridine rings is 1. The van der Waals surface area contributed by atoms with Gasteiger partial charge in [-0.3, -0.25) is 4.98 Å². The highest BCUT2D eigenvalue weighted by atomic mass is 16.3. The van der Waals surface area contributed by atoms with E-state index in [1.54, 1.807) is 0 Å². The number of hydrogen-bond donors (Lipinski definition) is 1. The summed E-state index contributed by atoms with van der Waals surface area (Å²) in [6, 6.07) is 4.27. The van der Waals surface area contributed by atoms with Crippen LogP contribution in [0.15, 0.2) is 18.3 Å². The second-order valence-electron chi connectivity index (χ2n) is 5.06. The van der Waals surface area contributed by atoms with E-state index in [0.29, 0.717) is 5.92 Å². The van der Waals surface area contributed by atoms with Crippen molar-refractivity contribution in [3.63, 3.8) is 0 Å². The van der Waals surface area contributed by atoms with E-state index < -0.39 is 0 Å². The van der Waals surface area contributed by atoms with Gasteiger partial charge in [-0.15, -0.1) is 0 Å². The standard InChI is InChI=1S/C14H22N2O/c1-12-4-5-14(15-10-12)9-13-3-2-6-16(11-13)7-8-17/h4-5,10,13,17H,2-3,6-9,11H2,1H3/t13-/m0/s1. The van der Waals surface area contributed by atoms with E-state index >= 15 is 0 Å². The third kappa shape index (κ3) is 3.79. The van der Waals surface area contributed by atoms with E-state index in [9.17, 15) is 0 Å². The minimum Gasteiger partial charge on any atom is -0.395 e. The normalized spacial score (nSPS) is 21.6. The molecular formula is C14H22N2O. The van der Waals surface area contributed by atoms with E-state index in [4.69, 9.17) is 5.11 Å². The molecule has 1 aromatic heterocycles. The monoisotopic (exact) mass is 234 g/mol. The number of hydrogen-bond acceptors (Lipinski definition) is 3. The van der Waals surface area contributed by atoms with Crippen LogP contribution in [0.2, 0.25) is 0 Å². The maximum Gasteiger partial charge on any atom is 0.0558 e. The van der Waals surface area contributed by atoms with Gasteiger partial charge in [0.25, 0.3) is 0 Å². The molecule has 1 fully saturated rings. The molecule has 1 N–H and O–H groups in total. The van der Waals surface area contributed by atoms with Crippen LogP contribution in [0.1, 0.15) is 24.1 Å². The molecule has 0 amide bonds. The number of piperidine rings is 1. The zero-order chi connectivity index (χ0) is 12.1. The van der Waals surface area contributed by atoms with Gasteiger partial charge in [-0.1, -0.05) is 6.07 Å². The average Bonchev–Trinajstić information content (AvgIpc) is 2.33. The topological polar surface area (TPSA) is 36.4 Å². The van der Waals surface area contributed by atoms with E-state index in [1.165, 1.54) is 24.1 Å². The predicted octanol–water partition coefficient (Wildman–Crippen LogP) is 1.64. The summed E-state index contributed by atoms with van der Waals surface area (Å²) in [7, 11) is 0. The molecule has 0 radical (unpaired) electrons. The Morgan fingerprint density at radius 3 is 3.06 bits per heavy atom. The van der Waals surface area contributed by atoms with Crippen LogP contribution in [0, 0.1) is 12.8 Å². The Bertz CT molecular complexity index is 335. The van der Waals surface area contributed by atoms with Crippen LogP contribution in [-0.4, -0.2) is 41.2 Å². The third-order valence-electron chi connectivity index (χ3n) is 3.49. The Morgan fingerprint density at radius 1 is 1.47 bits per heavy atom. The molecule has 1 atom stereocenters. The first-order chi connectivity index (χ1) is 8.28. The number of aliphatic hydroxyl groups excluding tert-OH is 1. The smallest absolute Gasteiger partial charge is 0.0558 e. The number of likely N-dealkylation sites (tertiary alicyclic amines) is 1. The number of rotatable bonds is 4. The summed E-state index contributed by atoms with van der Waals surface area (Å²) in [4.78, 5) is 6.84. The van der Waals surface area contributed by atoms with Crippen molar-refractivity contribution in [2.45, 2.75) is 26.2 Å². The van der Waals surface area contributed by atoms with Crippen LogP contribution < -0.4 is 0 Å². The number of β-amino-alcohol motifs (C(OH)–C–C–N with tert-alkyl or cyclic N) is 1. The van der Waals surface area contributed by atoms with Crippen molar-refractivity contribution in [2.75, 3.05) is 26.2 Å². The van der Waals surface area contributed by atoms with Crippen molar-refractivity contribution in [1.29, 1.82) is 0 Å². The lowest BCUT2D eigenvalue weighted by Gasteiger charge is -2.32. The SMILES string of the molecule is Cc1ccc(C[C@@H]2CCCN(CCO)C2)nc1. The van der Waals surface area contributed by atoms with E-state index in [-0.39, 0.29) is 6.61 Å². The summed E-state index contributed by atoms with van der Waals surface area (Å²) in [6.45, 7) is 5.40. The summed E-state index contributed by atoms with van der Waals surface area (Å²) in [5.41, 5.74) is 2.42. The Balaban J connectivity index is 1.87. The zero-order valence-electron chi connectivity index (χ0n) is 10.6. The van der Waals surface area contributed by atoms with Crippen molar-refractivity contribution in [3.05, 3.63) is 29.6 Å².